The summed E-state index contributed by atoms with van der Waals surface area (Å²) in [6.45, 7) is 2.84. The Kier molecular flexibility index (Phi) is 5.18. The van der Waals surface area contributed by atoms with Crippen molar-refractivity contribution in [3.8, 4) is 0 Å². The number of rotatable bonds is 4. The summed E-state index contributed by atoms with van der Waals surface area (Å²) in [6.07, 6.45) is 4.41. The Morgan fingerprint density at radius 2 is 2.16 bits per heavy atom. The number of halogens is 1. The van der Waals surface area contributed by atoms with Gasteiger partial charge in [-0.2, -0.15) is 0 Å². The Hall–Kier alpha value is -2.21. The summed E-state index contributed by atoms with van der Waals surface area (Å²) >= 11 is 0. The lowest BCUT2D eigenvalue weighted by Gasteiger charge is -2.36. The molecule has 1 amide bonds. The molecule has 1 saturated heterocycles. The third kappa shape index (κ3) is 3.58. The molecule has 1 N–H and O–H groups in total. The Balaban J connectivity index is 1.71. The monoisotopic (exact) mass is 345 g/mol. The van der Waals surface area contributed by atoms with E-state index in [1.807, 2.05) is 7.05 Å². The minimum Gasteiger partial charge on any atom is -0.385 e. The van der Waals surface area contributed by atoms with Crippen LogP contribution in [0.2, 0.25) is 0 Å². The van der Waals surface area contributed by atoms with Gasteiger partial charge in [0.1, 0.15) is 17.7 Å². The van der Waals surface area contributed by atoms with Gasteiger partial charge in [-0.15, -0.1) is 0 Å². The van der Waals surface area contributed by atoms with Crippen molar-refractivity contribution < 1.29 is 14.3 Å². The fourth-order valence-corrected chi connectivity index (χ4v) is 3.57. The molecule has 2 heterocycles. The highest BCUT2D eigenvalue weighted by atomic mass is 19.1. The van der Waals surface area contributed by atoms with E-state index in [9.17, 15) is 14.3 Å². The quantitative estimate of drug-likeness (QED) is 0.927. The summed E-state index contributed by atoms with van der Waals surface area (Å²) in [4.78, 5) is 18.8. The second-order valence-electron chi connectivity index (χ2n) is 6.77. The van der Waals surface area contributed by atoms with Gasteiger partial charge in [-0.1, -0.05) is 18.2 Å². The number of likely N-dealkylation sites (tertiary alicyclic amines) is 1. The van der Waals surface area contributed by atoms with Crippen LogP contribution in [0.1, 0.15) is 43.2 Å². The van der Waals surface area contributed by atoms with Gasteiger partial charge in [0, 0.05) is 38.4 Å². The number of carbonyl (C=O) groups is 1. The highest BCUT2D eigenvalue weighted by Gasteiger charge is 2.33. The van der Waals surface area contributed by atoms with E-state index in [0.29, 0.717) is 24.5 Å². The molecule has 3 unspecified atom stereocenters. The van der Waals surface area contributed by atoms with Gasteiger partial charge >= 0.3 is 0 Å². The van der Waals surface area contributed by atoms with Gasteiger partial charge < -0.3 is 14.6 Å². The molecule has 5 nitrogen and oxygen atoms in total. The SMILES string of the molecule is CC(C(=O)N1CCCC(C(O)c2nccn2C)C1)c1ccccc1F. The van der Waals surface area contributed by atoms with Crippen molar-refractivity contribution in [3.05, 3.63) is 53.9 Å². The van der Waals surface area contributed by atoms with Crippen molar-refractivity contribution in [3.63, 3.8) is 0 Å². The normalized spacial score (nSPS) is 20.3. The summed E-state index contributed by atoms with van der Waals surface area (Å²) < 4.78 is 15.8. The van der Waals surface area contributed by atoms with Crippen LogP contribution in [0.3, 0.4) is 0 Å². The van der Waals surface area contributed by atoms with Gasteiger partial charge in [-0.05, 0) is 31.4 Å². The average Bonchev–Trinajstić information content (AvgIpc) is 3.06. The predicted octanol–water partition coefficient (Wildman–Crippen LogP) is 2.63. The van der Waals surface area contributed by atoms with Crippen LogP contribution in [0.15, 0.2) is 36.7 Å². The number of nitrogens with zero attached hydrogens (tertiary/aromatic N) is 3. The topological polar surface area (TPSA) is 58.4 Å². The maximum atomic E-state index is 14.0. The molecule has 0 aliphatic carbocycles. The zero-order chi connectivity index (χ0) is 18.0. The molecule has 0 radical (unpaired) electrons. The summed E-state index contributed by atoms with van der Waals surface area (Å²) in [5, 5.41) is 10.6. The number of imidazole rings is 1. The minimum absolute atomic E-state index is 0.0633. The molecule has 1 aliphatic heterocycles. The molecule has 0 spiro atoms. The van der Waals surface area contributed by atoms with Crippen molar-refractivity contribution in [2.45, 2.75) is 31.8 Å². The molecule has 3 rings (SSSR count). The first-order valence-electron chi connectivity index (χ1n) is 8.67. The van der Waals surface area contributed by atoms with E-state index in [2.05, 4.69) is 4.98 Å². The Bertz CT molecular complexity index is 746. The van der Waals surface area contributed by atoms with E-state index in [1.54, 1.807) is 47.0 Å². The minimum atomic E-state index is -0.709. The molecule has 2 aromatic rings. The number of aliphatic hydroxyl groups is 1. The summed E-state index contributed by atoms with van der Waals surface area (Å²) in [7, 11) is 1.84. The Labute approximate surface area is 147 Å². The van der Waals surface area contributed by atoms with Gasteiger partial charge in [0.25, 0.3) is 0 Å². The standard InChI is InChI=1S/C19H24FN3O2/c1-13(15-7-3-4-8-16(15)20)19(25)23-10-5-6-14(12-23)17(24)18-21-9-11-22(18)2/h3-4,7-9,11,13-14,17,24H,5-6,10,12H2,1-2H3. The van der Waals surface area contributed by atoms with Gasteiger partial charge in [-0.3, -0.25) is 4.79 Å². The Morgan fingerprint density at radius 1 is 1.40 bits per heavy atom. The fraction of sp³-hybridized carbons (Fsp3) is 0.474. The molecule has 0 bridgehead atoms. The number of hydrogen-bond donors (Lipinski definition) is 1. The first-order valence-corrected chi connectivity index (χ1v) is 8.67. The molecule has 1 aromatic heterocycles. The lowest BCUT2D eigenvalue weighted by molar-refractivity contribution is -0.135. The molecule has 3 atom stereocenters. The number of amides is 1. The van der Waals surface area contributed by atoms with Crippen LogP contribution >= 0.6 is 0 Å². The smallest absolute Gasteiger partial charge is 0.229 e. The first-order chi connectivity index (χ1) is 12.0. The maximum Gasteiger partial charge on any atom is 0.229 e. The average molecular weight is 345 g/mol. The number of carbonyl (C=O) groups excluding carboxylic acids is 1. The van der Waals surface area contributed by atoms with Crippen LogP contribution < -0.4 is 0 Å². The van der Waals surface area contributed by atoms with Crippen molar-refractivity contribution in [1.82, 2.24) is 14.5 Å². The van der Waals surface area contributed by atoms with Crippen molar-refractivity contribution in [1.29, 1.82) is 0 Å². The second-order valence-corrected chi connectivity index (χ2v) is 6.77. The van der Waals surface area contributed by atoms with Crippen molar-refractivity contribution in [2.75, 3.05) is 13.1 Å². The highest BCUT2D eigenvalue weighted by molar-refractivity contribution is 5.83. The molecule has 6 heteroatoms. The van der Waals surface area contributed by atoms with Crippen LogP contribution in [0.4, 0.5) is 4.39 Å². The molecule has 1 fully saturated rings. The van der Waals surface area contributed by atoms with Crippen LogP contribution in [0.5, 0.6) is 0 Å². The van der Waals surface area contributed by atoms with E-state index in [1.165, 1.54) is 6.07 Å². The van der Waals surface area contributed by atoms with E-state index < -0.39 is 12.0 Å². The zero-order valence-electron chi connectivity index (χ0n) is 14.6. The largest absolute Gasteiger partial charge is 0.385 e. The van der Waals surface area contributed by atoms with E-state index in [4.69, 9.17) is 0 Å². The molecular weight excluding hydrogens is 321 g/mol. The number of benzene rings is 1. The van der Waals surface area contributed by atoms with Crippen molar-refractivity contribution in [2.24, 2.45) is 13.0 Å². The lowest BCUT2D eigenvalue weighted by Crippen LogP contribution is -2.43. The molecular formula is C19H24FN3O2. The molecule has 1 aromatic carbocycles. The van der Waals surface area contributed by atoms with Crippen LogP contribution in [0, 0.1) is 11.7 Å². The third-order valence-corrected chi connectivity index (χ3v) is 5.08. The summed E-state index contributed by atoms with van der Waals surface area (Å²) in [5.74, 6) is -0.440. The van der Waals surface area contributed by atoms with Crippen molar-refractivity contribution >= 4 is 5.91 Å². The highest BCUT2D eigenvalue weighted by Crippen LogP contribution is 2.30. The van der Waals surface area contributed by atoms with Crippen LogP contribution in [-0.2, 0) is 11.8 Å². The van der Waals surface area contributed by atoms with Gasteiger partial charge in [0.15, 0.2) is 0 Å². The van der Waals surface area contributed by atoms with Crippen LogP contribution in [-0.4, -0.2) is 38.6 Å². The lowest BCUT2D eigenvalue weighted by atomic mass is 9.90. The second kappa shape index (κ2) is 7.35. The number of aliphatic hydroxyl groups excluding tert-OH is 1. The Morgan fingerprint density at radius 3 is 2.84 bits per heavy atom. The van der Waals surface area contributed by atoms with E-state index in [0.717, 1.165) is 12.8 Å². The molecule has 1 aliphatic rings. The summed E-state index contributed by atoms with van der Waals surface area (Å²) in [6, 6.07) is 6.40. The number of aryl methyl sites for hydroxylation is 1. The molecule has 134 valence electrons. The third-order valence-electron chi connectivity index (χ3n) is 5.08. The number of piperidine rings is 1. The fourth-order valence-electron chi connectivity index (χ4n) is 3.57. The van der Waals surface area contributed by atoms with Gasteiger partial charge in [-0.25, -0.2) is 9.37 Å². The van der Waals surface area contributed by atoms with Gasteiger partial charge in [0.2, 0.25) is 5.91 Å². The van der Waals surface area contributed by atoms with E-state index >= 15 is 0 Å². The zero-order valence-corrected chi connectivity index (χ0v) is 14.6. The number of aromatic nitrogens is 2. The predicted molar refractivity (Wildman–Crippen MR) is 92.3 cm³/mol. The molecule has 0 saturated carbocycles. The van der Waals surface area contributed by atoms with Crippen LogP contribution in [0.25, 0.3) is 0 Å². The maximum absolute atomic E-state index is 14.0. The molecule has 25 heavy (non-hydrogen) atoms. The van der Waals surface area contributed by atoms with Gasteiger partial charge in [0.05, 0.1) is 5.92 Å². The first kappa shape index (κ1) is 17.6. The number of hydrogen-bond acceptors (Lipinski definition) is 3. The van der Waals surface area contributed by atoms with E-state index in [-0.39, 0.29) is 17.6 Å². The summed E-state index contributed by atoms with van der Waals surface area (Å²) in [5.41, 5.74) is 0.416.